The standard InChI is InChI=1S/C23H31NO4/c1-12-10-24-11-13-8-18(25)15-5-4-14-16(20(26)28-3)9-22(19(14)15)21(13,2)7-6-17(12)23(22,24)27/h12-13,17-18,25,27H,4-11H2,1-3H3/t12?,13-,17+,18+,21-,22+,23+/m0/s1. The first-order valence-electron chi connectivity index (χ1n) is 11.0. The van der Waals surface area contributed by atoms with E-state index in [1.807, 2.05) is 0 Å². The number of aliphatic hydroxyl groups is 2. The van der Waals surface area contributed by atoms with Gasteiger partial charge in [0, 0.05) is 30.0 Å². The SMILES string of the molecule is COC(=O)C1=C2CCC3=C2[C@]2(C1)[C@@]1(C)CC[C@@H]4C(C)CN(C[C@@H]1C[C@H]3O)[C@@]42O. The summed E-state index contributed by atoms with van der Waals surface area (Å²) in [4.78, 5) is 15.1. The average Bonchev–Trinajstić information content (AvgIpc) is 3.29. The number of aliphatic hydroxyl groups excluding tert-OH is 1. The number of hydrogen-bond acceptors (Lipinski definition) is 5. The monoisotopic (exact) mass is 385 g/mol. The molecule has 152 valence electrons. The molecular weight excluding hydrogens is 354 g/mol. The third kappa shape index (κ3) is 1.57. The molecule has 28 heavy (non-hydrogen) atoms. The molecule has 2 aliphatic heterocycles. The molecule has 0 aromatic carbocycles. The first-order chi connectivity index (χ1) is 13.3. The van der Waals surface area contributed by atoms with Crippen molar-refractivity contribution in [1.82, 2.24) is 4.90 Å². The molecule has 4 aliphatic carbocycles. The Hall–Kier alpha value is -1.17. The minimum absolute atomic E-state index is 0.109. The Bertz CT molecular complexity index is 861. The highest BCUT2D eigenvalue weighted by atomic mass is 16.5. The second kappa shape index (κ2) is 5.11. The van der Waals surface area contributed by atoms with Crippen molar-refractivity contribution in [3.8, 4) is 0 Å². The van der Waals surface area contributed by atoms with Crippen molar-refractivity contribution < 1.29 is 19.7 Å². The molecule has 5 nitrogen and oxygen atoms in total. The van der Waals surface area contributed by atoms with Gasteiger partial charge in [-0.3, -0.25) is 4.90 Å². The highest BCUT2D eigenvalue weighted by Gasteiger charge is 2.79. The average molecular weight is 386 g/mol. The Morgan fingerprint density at radius 3 is 2.82 bits per heavy atom. The van der Waals surface area contributed by atoms with Crippen LogP contribution in [0.4, 0.5) is 0 Å². The maximum Gasteiger partial charge on any atom is 0.334 e. The molecule has 0 aromatic rings. The summed E-state index contributed by atoms with van der Waals surface area (Å²) in [7, 11) is 1.46. The molecule has 6 rings (SSSR count). The maximum atomic E-state index is 12.8. The molecule has 4 bridgehead atoms. The van der Waals surface area contributed by atoms with Crippen LogP contribution in [-0.2, 0) is 9.53 Å². The lowest BCUT2D eigenvalue weighted by atomic mass is 9.42. The van der Waals surface area contributed by atoms with Gasteiger partial charge in [0.05, 0.1) is 13.2 Å². The van der Waals surface area contributed by atoms with Crippen molar-refractivity contribution in [2.75, 3.05) is 20.2 Å². The summed E-state index contributed by atoms with van der Waals surface area (Å²) in [6.07, 6.45) is 4.61. The van der Waals surface area contributed by atoms with Crippen LogP contribution in [0.15, 0.2) is 22.3 Å². The third-order valence-corrected chi connectivity index (χ3v) is 9.96. The number of hydrogen-bond donors (Lipinski definition) is 2. The van der Waals surface area contributed by atoms with E-state index in [0.29, 0.717) is 18.3 Å². The maximum absolute atomic E-state index is 12.8. The minimum atomic E-state index is -0.925. The highest BCUT2D eigenvalue weighted by molar-refractivity contribution is 5.93. The van der Waals surface area contributed by atoms with E-state index >= 15 is 0 Å². The number of piperidine rings is 1. The summed E-state index contributed by atoms with van der Waals surface area (Å²) in [5, 5.41) is 23.8. The summed E-state index contributed by atoms with van der Waals surface area (Å²) in [5.41, 5.74) is 2.60. The van der Waals surface area contributed by atoms with E-state index in [1.165, 1.54) is 7.11 Å². The summed E-state index contributed by atoms with van der Waals surface area (Å²) in [5.74, 6) is 0.760. The zero-order chi connectivity index (χ0) is 19.6. The number of methoxy groups -OCH3 is 1. The van der Waals surface area contributed by atoms with E-state index in [1.54, 1.807) is 0 Å². The van der Waals surface area contributed by atoms with E-state index in [-0.39, 0.29) is 17.3 Å². The van der Waals surface area contributed by atoms with Gasteiger partial charge >= 0.3 is 5.97 Å². The van der Waals surface area contributed by atoms with Crippen LogP contribution < -0.4 is 0 Å². The van der Waals surface area contributed by atoms with Gasteiger partial charge in [0.2, 0.25) is 0 Å². The lowest BCUT2D eigenvalue weighted by Crippen LogP contribution is -2.74. The Morgan fingerprint density at radius 1 is 1.29 bits per heavy atom. The summed E-state index contributed by atoms with van der Waals surface area (Å²) in [6.45, 7) is 6.40. The Morgan fingerprint density at radius 2 is 2.07 bits per heavy atom. The zero-order valence-electron chi connectivity index (χ0n) is 17.1. The molecule has 7 atom stereocenters. The van der Waals surface area contributed by atoms with Crippen molar-refractivity contribution in [3.63, 3.8) is 0 Å². The van der Waals surface area contributed by atoms with E-state index in [2.05, 4.69) is 18.7 Å². The van der Waals surface area contributed by atoms with Gasteiger partial charge in [-0.2, -0.15) is 0 Å². The van der Waals surface area contributed by atoms with Crippen LogP contribution in [0.25, 0.3) is 0 Å². The Labute approximate surface area is 166 Å². The van der Waals surface area contributed by atoms with Gasteiger partial charge in [0.1, 0.15) is 5.72 Å². The van der Waals surface area contributed by atoms with E-state index < -0.39 is 17.2 Å². The number of nitrogens with zero attached hydrogens (tertiary/aromatic N) is 1. The van der Waals surface area contributed by atoms with Crippen LogP contribution in [-0.4, -0.2) is 53.1 Å². The van der Waals surface area contributed by atoms with Gasteiger partial charge < -0.3 is 14.9 Å². The Kier molecular flexibility index (Phi) is 3.22. The fourth-order valence-corrected chi connectivity index (χ4v) is 8.84. The molecule has 1 unspecified atom stereocenters. The number of rotatable bonds is 1. The normalized spacial score (nSPS) is 51.5. The van der Waals surface area contributed by atoms with Crippen LogP contribution in [0.5, 0.6) is 0 Å². The molecule has 2 N–H and O–H groups in total. The van der Waals surface area contributed by atoms with Gasteiger partial charge in [-0.05, 0) is 72.5 Å². The molecule has 1 saturated carbocycles. The molecule has 1 spiro atoms. The van der Waals surface area contributed by atoms with Crippen molar-refractivity contribution in [1.29, 1.82) is 0 Å². The highest BCUT2D eigenvalue weighted by Crippen LogP contribution is 2.78. The molecule has 0 radical (unpaired) electrons. The van der Waals surface area contributed by atoms with Gasteiger partial charge in [-0.1, -0.05) is 13.8 Å². The number of allylic oxidation sites excluding steroid dienone is 1. The summed E-state index contributed by atoms with van der Waals surface area (Å²) < 4.78 is 5.18. The molecule has 5 heteroatoms. The smallest absolute Gasteiger partial charge is 0.334 e. The van der Waals surface area contributed by atoms with Gasteiger partial charge in [-0.15, -0.1) is 0 Å². The second-order valence-corrected chi connectivity index (χ2v) is 10.6. The molecule has 0 amide bonds. The first kappa shape index (κ1) is 17.7. The molecule has 0 aromatic heterocycles. The third-order valence-electron chi connectivity index (χ3n) is 9.96. The van der Waals surface area contributed by atoms with Crippen molar-refractivity contribution >= 4 is 5.97 Å². The van der Waals surface area contributed by atoms with Crippen molar-refractivity contribution in [2.24, 2.45) is 28.6 Å². The number of carbonyl (C=O) groups excluding carboxylic acids is 1. The van der Waals surface area contributed by atoms with E-state index in [9.17, 15) is 15.0 Å². The van der Waals surface area contributed by atoms with Gasteiger partial charge in [0.25, 0.3) is 0 Å². The van der Waals surface area contributed by atoms with Gasteiger partial charge in [-0.25, -0.2) is 4.79 Å². The van der Waals surface area contributed by atoms with E-state index in [4.69, 9.17) is 4.74 Å². The molecule has 2 saturated heterocycles. The number of ether oxygens (including phenoxy) is 1. The second-order valence-electron chi connectivity index (χ2n) is 10.6. The lowest BCUT2D eigenvalue weighted by molar-refractivity contribution is -0.292. The lowest BCUT2D eigenvalue weighted by Gasteiger charge is -2.69. The fraction of sp³-hybridized carbons (Fsp3) is 0.783. The molecule has 6 aliphatic rings. The van der Waals surface area contributed by atoms with E-state index in [0.717, 1.165) is 67.5 Å². The largest absolute Gasteiger partial charge is 0.466 e. The molecule has 2 heterocycles. The van der Waals surface area contributed by atoms with Crippen LogP contribution in [0.2, 0.25) is 0 Å². The van der Waals surface area contributed by atoms with Crippen molar-refractivity contribution in [3.05, 3.63) is 22.3 Å². The fourth-order valence-electron chi connectivity index (χ4n) is 8.84. The first-order valence-corrected chi connectivity index (χ1v) is 11.0. The quantitative estimate of drug-likeness (QED) is 0.679. The van der Waals surface area contributed by atoms with Crippen LogP contribution in [0.3, 0.4) is 0 Å². The summed E-state index contributed by atoms with van der Waals surface area (Å²) >= 11 is 0. The van der Waals surface area contributed by atoms with Gasteiger partial charge in [0.15, 0.2) is 0 Å². The summed E-state index contributed by atoms with van der Waals surface area (Å²) in [6, 6.07) is 0. The van der Waals surface area contributed by atoms with Crippen LogP contribution >= 0.6 is 0 Å². The molecular formula is C23H31NO4. The predicted octanol–water partition coefficient (Wildman–Crippen LogP) is 2.39. The van der Waals surface area contributed by atoms with Crippen LogP contribution in [0.1, 0.15) is 52.4 Å². The van der Waals surface area contributed by atoms with Crippen LogP contribution in [0, 0.1) is 28.6 Å². The number of carbonyl (C=O) groups is 1. The van der Waals surface area contributed by atoms with Crippen molar-refractivity contribution in [2.45, 2.75) is 64.2 Å². The topological polar surface area (TPSA) is 70.0 Å². The number of esters is 1. The Balaban J connectivity index is 1.69. The zero-order valence-corrected chi connectivity index (χ0v) is 17.1. The minimum Gasteiger partial charge on any atom is -0.466 e. The molecule has 3 fully saturated rings. The predicted molar refractivity (Wildman–Crippen MR) is 103 cm³/mol.